The molecule has 2 rings (SSSR count). The van der Waals surface area contributed by atoms with Gasteiger partial charge in [-0.15, -0.1) is 0 Å². The Morgan fingerprint density at radius 2 is 1.95 bits per heavy atom. The summed E-state index contributed by atoms with van der Waals surface area (Å²) in [6, 6.07) is 4.65. The smallest absolute Gasteiger partial charge is 0.387 e. The van der Waals surface area contributed by atoms with Gasteiger partial charge in [0.1, 0.15) is 5.76 Å². The largest absolute Gasteiger partial charge is 0.466 e. The second-order valence-electron chi connectivity index (χ2n) is 3.69. The van der Waals surface area contributed by atoms with Gasteiger partial charge < -0.3 is 14.5 Å². The van der Waals surface area contributed by atoms with Crippen molar-refractivity contribution in [2.75, 3.05) is 5.32 Å². The van der Waals surface area contributed by atoms with Gasteiger partial charge in [-0.3, -0.25) is 0 Å². The van der Waals surface area contributed by atoms with Crippen molar-refractivity contribution in [3.05, 3.63) is 44.7 Å². The van der Waals surface area contributed by atoms with Gasteiger partial charge >= 0.3 is 6.61 Å². The maximum Gasteiger partial charge on any atom is 0.387 e. The Bertz CT molecular complexity index is 584. The molecule has 0 radical (unpaired) electrons. The molecule has 0 aliphatic carbocycles. The lowest BCUT2D eigenvalue weighted by Gasteiger charge is -2.12. The fourth-order valence-corrected chi connectivity index (χ4v) is 2.41. The molecular weight excluding hydrogens is 379 g/mol. The number of rotatable bonds is 5. The van der Waals surface area contributed by atoms with Gasteiger partial charge in [-0.1, -0.05) is 23.2 Å². The number of nitrogens with one attached hydrogen (secondary N) is 1. The molecule has 0 atom stereocenters. The second kappa shape index (κ2) is 6.65. The standard InChI is InChI=1S/C12H8BrCl2F2NO2/c13-7-1-2-19-10(7)5-18-6-3-8(14)11(9(15)4-6)20-12(16)17/h1-4,12,18H,5H2. The zero-order chi connectivity index (χ0) is 14.7. The Balaban J connectivity index is 2.12. The van der Waals surface area contributed by atoms with Crippen molar-refractivity contribution < 1.29 is 17.9 Å². The van der Waals surface area contributed by atoms with Gasteiger partial charge in [0.15, 0.2) is 5.75 Å². The maximum absolute atomic E-state index is 12.2. The van der Waals surface area contributed by atoms with Gasteiger partial charge in [-0.05, 0) is 34.1 Å². The summed E-state index contributed by atoms with van der Waals surface area (Å²) in [4.78, 5) is 0. The van der Waals surface area contributed by atoms with Crippen LogP contribution in [0.2, 0.25) is 10.0 Å². The number of anilines is 1. The second-order valence-corrected chi connectivity index (χ2v) is 5.36. The third kappa shape index (κ3) is 3.77. The molecule has 8 heteroatoms. The highest BCUT2D eigenvalue weighted by Crippen LogP contribution is 2.37. The van der Waals surface area contributed by atoms with Gasteiger partial charge in [-0.25, -0.2) is 0 Å². The molecule has 20 heavy (non-hydrogen) atoms. The van der Waals surface area contributed by atoms with Crippen LogP contribution >= 0.6 is 39.1 Å². The van der Waals surface area contributed by atoms with Crippen LogP contribution in [0.25, 0.3) is 0 Å². The van der Waals surface area contributed by atoms with Crippen molar-refractivity contribution in [3.63, 3.8) is 0 Å². The zero-order valence-corrected chi connectivity index (χ0v) is 12.9. The molecule has 3 nitrogen and oxygen atoms in total. The van der Waals surface area contributed by atoms with E-state index in [0.29, 0.717) is 18.0 Å². The van der Waals surface area contributed by atoms with Gasteiger partial charge in [-0.2, -0.15) is 8.78 Å². The lowest BCUT2D eigenvalue weighted by molar-refractivity contribution is -0.0497. The average Bonchev–Trinajstić information content (AvgIpc) is 2.77. The number of hydrogen-bond acceptors (Lipinski definition) is 3. The third-order valence-electron chi connectivity index (χ3n) is 2.35. The van der Waals surface area contributed by atoms with E-state index in [1.165, 1.54) is 12.1 Å². The van der Waals surface area contributed by atoms with Crippen LogP contribution in [0.1, 0.15) is 5.76 Å². The minimum atomic E-state index is -2.98. The lowest BCUT2D eigenvalue weighted by Crippen LogP contribution is -2.04. The summed E-state index contributed by atoms with van der Waals surface area (Å²) in [7, 11) is 0. The Kier molecular flexibility index (Phi) is 5.12. The monoisotopic (exact) mass is 385 g/mol. The van der Waals surface area contributed by atoms with Crippen molar-refractivity contribution in [1.82, 2.24) is 0 Å². The summed E-state index contributed by atoms with van der Waals surface area (Å²) in [6.07, 6.45) is 1.54. The quantitative estimate of drug-likeness (QED) is 0.730. The molecule has 1 aromatic heterocycles. The first-order valence-electron chi connectivity index (χ1n) is 5.37. The van der Waals surface area contributed by atoms with Gasteiger partial charge in [0.25, 0.3) is 0 Å². The summed E-state index contributed by atoms with van der Waals surface area (Å²) in [6.45, 7) is -2.60. The molecule has 108 valence electrons. The molecule has 0 bridgehead atoms. The van der Waals surface area contributed by atoms with Crippen molar-refractivity contribution in [3.8, 4) is 5.75 Å². The van der Waals surface area contributed by atoms with Crippen LogP contribution in [0.15, 0.2) is 33.4 Å². The minimum Gasteiger partial charge on any atom is -0.466 e. The number of benzene rings is 1. The molecule has 0 unspecified atom stereocenters. The normalized spacial score (nSPS) is 10.9. The molecular formula is C12H8BrCl2F2NO2. The topological polar surface area (TPSA) is 34.4 Å². The van der Waals surface area contributed by atoms with E-state index in [0.717, 1.165) is 4.47 Å². The number of hydrogen-bond donors (Lipinski definition) is 1. The summed E-state index contributed by atoms with van der Waals surface area (Å²) >= 11 is 15.0. The summed E-state index contributed by atoms with van der Waals surface area (Å²) in [5, 5.41) is 3.01. The molecule has 0 saturated carbocycles. The number of halogens is 5. The Morgan fingerprint density at radius 3 is 2.45 bits per heavy atom. The van der Waals surface area contributed by atoms with Gasteiger partial charge in [0.2, 0.25) is 0 Å². The van der Waals surface area contributed by atoms with Crippen LogP contribution in [0, 0.1) is 0 Å². The Labute approximate surface area is 131 Å². The maximum atomic E-state index is 12.2. The first-order valence-corrected chi connectivity index (χ1v) is 6.92. The van der Waals surface area contributed by atoms with E-state index < -0.39 is 6.61 Å². The highest BCUT2D eigenvalue weighted by molar-refractivity contribution is 9.10. The molecule has 1 heterocycles. The zero-order valence-electron chi connectivity index (χ0n) is 9.80. The first-order chi connectivity index (χ1) is 9.47. The van der Waals surface area contributed by atoms with E-state index in [-0.39, 0.29) is 15.8 Å². The summed E-state index contributed by atoms with van der Waals surface area (Å²) in [5.41, 5.74) is 0.560. The highest BCUT2D eigenvalue weighted by Gasteiger charge is 2.14. The lowest BCUT2D eigenvalue weighted by atomic mass is 10.3. The summed E-state index contributed by atoms with van der Waals surface area (Å²) in [5.74, 6) is 0.443. The molecule has 0 amide bonds. The van der Waals surface area contributed by atoms with E-state index in [2.05, 4.69) is 26.0 Å². The predicted octanol–water partition coefficient (Wildman–Crippen LogP) is 5.56. The van der Waals surface area contributed by atoms with Crippen LogP contribution in [-0.4, -0.2) is 6.61 Å². The predicted molar refractivity (Wildman–Crippen MR) is 76.8 cm³/mol. The fourth-order valence-electron chi connectivity index (χ4n) is 1.50. The molecule has 0 aliphatic rings. The van der Waals surface area contributed by atoms with Crippen molar-refractivity contribution in [1.29, 1.82) is 0 Å². The SMILES string of the molecule is FC(F)Oc1c(Cl)cc(NCc2occc2Br)cc1Cl. The van der Waals surface area contributed by atoms with Crippen molar-refractivity contribution in [2.45, 2.75) is 13.2 Å². The number of furan rings is 1. The van der Waals surface area contributed by atoms with E-state index in [9.17, 15) is 8.78 Å². The Morgan fingerprint density at radius 1 is 1.30 bits per heavy atom. The molecule has 0 aliphatic heterocycles. The van der Waals surface area contributed by atoms with E-state index in [1.54, 1.807) is 12.3 Å². The minimum absolute atomic E-state index is 0.00110. The Hall–Kier alpha value is -0.980. The van der Waals surface area contributed by atoms with Gasteiger partial charge in [0, 0.05) is 5.69 Å². The number of ether oxygens (including phenoxy) is 1. The molecule has 0 fully saturated rings. The average molecular weight is 387 g/mol. The van der Waals surface area contributed by atoms with Gasteiger partial charge in [0.05, 0.1) is 27.3 Å². The first kappa shape index (κ1) is 15.4. The van der Waals surface area contributed by atoms with E-state index in [1.807, 2.05) is 0 Å². The van der Waals surface area contributed by atoms with Crippen LogP contribution in [0.3, 0.4) is 0 Å². The molecule has 0 spiro atoms. The molecule has 1 N–H and O–H groups in total. The van der Waals surface area contributed by atoms with Crippen LogP contribution in [0.4, 0.5) is 14.5 Å². The van der Waals surface area contributed by atoms with Crippen molar-refractivity contribution >= 4 is 44.8 Å². The third-order valence-corrected chi connectivity index (χ3v) is 3.62. The fraction of sp³-hybridized carbons (Fsp3) is 0.167. The molecule has 0 saturated heterocycles. The summed E-state index contributed by atoms with van der Waals surface area (Å²) < 4.78 is 34.7. The molecule has 1 aromatic carbocycles. The molecule has 2 aromatic rings. The van der Waals surface area contributed by atoms with Crippen LogP contribution < -0.4 is 10.1 Å². The van der Waals surface area contributed by atoms with Crippen molar-refractivity contribution in [2.24, 2.45) is 0 Å². The van der Waals surface area contributed by atoms with E-state index in [4.69, 9.17) is 27.6 Å². The van der Waals surface area contributed by atoms with Crippen LogP contribution in [0.5, 0.6) is 5.75 Å². The number of alkyl halides is 2. The van der Waals surface area contributed by atoms with Crippen LogP contribution in [-0.2, 0) is 6.54 Å². The van der Waals surface area contributed by atoms with E-state index >= 15 is 0 Å². The highest BCUT2D eigenvalue weighted by atomic mass is 79.9.